The van der Waals surface area contributed by atoms with Crippen molar-refractivity contribution < 1.29 is 0 Å². The highest BCUT2D eigenvalue weighted by atomic mass is 14.9. The van der Waals surface area contributed by atoms with Crippen LogP contribution in [0.3, 0.4) is 0 Å². The average Bonchev–Trinajstić information content (AvgIpc) is 2.61. The van der Waals surface area contributed by atoms with Crippen LogP contribution in [0.2, 0.25) is 0 Å². The van der Waals surface area contributed by atoms with Crippen LogP contribution in [0.4, 0.5) is 0 Å². The largest absolute Gasteiger partial charge is 0.233 e. The Balaban J connectivity index is 1.74. The van der Waals surface area contributed by atoms with Crippen molar-refractivity contribution in [1.82, 2.24) is 9.97 Å². The first-order chi connectivity index (χ1) is 11.3. The van der Waals surface area contributed by atoms with E-state index in [9.17, 15) is 0 Å². The highest BCUT2D eigenvalue weighted by Gasteiger charge is 2.19. The molecule has 2 nitrogen and oxygen atoms in total. The molecule has 112 valence electrons. The third-order valence-electron chi connectivity index (χ3n) is 4.27. The van der Waals surface area contributed by atoms with Gasteiger partial charge in [0.2, 0.25) is 0 Å². The number of fused-ring (bicyclic) bond motifs is 1. The van der Waals surface area contributed by atoms with E-state index in [1.807, 2.05) is 37.3 Å². The molecule has 1 aromatic carbocycles. The number of allylic oxidation sites excluding steroid dienone is 8. The third kappa shape index (κ3) is 2.80. The van der Waals surface area contributed by atoms with Gasteiger partial charge in [0.1, 0.15) is 0 Å². The standard InChI is InChI=1S/C21H18N2/c1-15-13-20(23-21(22-15)17-8-3-2-4-9-17)19-12-11-16-7-5-6-10-18(16)14-19/h2-14,16,18H,1H3. The van der Waals surface area contributed by atoms with Crippen LogP contribution in [0.5, 0.6) is 0 Å². The third-order valence-corrected chi connectivity index (χ3v) is 4.27. The second kappa shape index (κ2) is 5.81. The Bertz CT molecular complexity index is 841. The smallest absolute Gasteiger partial charge is 0.160 e. The van der Waals surface area contributed by atoms with Gasteiger partial charge in [0.15, 0.2) is 5.82 Å². The van der Waals surface area contributed by atoms with Crippen LogP contribution in [-0.4, -0.2) is 9.97 Å². The number of aromatic nitrogens is 2. The first-order valence-corrected chi connectivity index (χ1v) is 7.96. The van der Waals surface area contributed by atoms with Gasteiger partial charge >= 0.3 is 0 Å². The lowest BCUT2D eigenvalue weighted by Gasteiger charge is -2.23. The molecule has 2 aliphatic rings. The molecule has 4 rings (SSSR count). The molecule has 1 heterocycles. The molecule has 23 heavy (non-hydrogen) atoms. The second-order valence-corrected chi connectivity index (χ2v) is 5.99. The van der Waals surface area contributed by atoms with Gasteiger partial charge < -0.3 is 0 Å². The van der Waals surface area contributed by atoms with Gasteiger partial charge in [0, 0.05) is 23.1 Å². The number of hydrogen-bond acceptors (Lipinski definition) is 2. The van der Waals surface area contributed by atoms with Crippen molar-refractivity contribution in [1.29, 1.82) is 0 Å². The minimum Gasteiger partial charge on any atom is -0.233 e. The molecule has 0 spiro atoms. The summed E-state index contributed by atoms with van der Waals surface area (Å²) in [5, 5.41) is 0. The van der Waals surface area contributed by atoms with Gasteiger partial charge in [-0.2, -0.15) is 0 Å². The topological polar surface area (TPSA) is 25.8 Å². The molecule has 0 aliphatic heterocycles. The first kappa shape index (κ1) is 13.9. The Morgan fingerprint density at radius 2 is 1.65 bits per heavy atom. The zero-order valence-electron chi connectivity index (χ0n) is 13.1. The number of rotatable bonds is 2. The monoisotopic (exact) mass is 298 g/mol. The van der Waals surface area contributed by atoms with E-state index in [1.165, 1.54) is 5.57 Å². The molecule has 1 aromatic heterocycles. The SMILES string of the molecule is Cc1cc(C2=CC3C=CC=CC3C=C2)nc(-c2ccccc2)n1. The predicted octanol–water partition coefficient (Wildman–Crippen LogP) is 4.76. The van der Waals surface area contributed by atoms with E-state index in [-0.39, 0.29) is 0 Å². The molecular formula is C21H18N2. The van der Waals surface area contributed by atoms with Crippen molar-refractivity contribution >= 4 is 5.57 Å². The summed E-state index contributed by atoms with van der Waals surface area (Å²) < 4.78 is 0. The summed E-state index contributed by atoms with van der Waals surface area (Å²) >= 11 is 0. The molecule has 2 aliphatic carbocycles. The van der Waals surface area contributed by atoms with E-state index in [0.29, 0.717) is 11.8 Å². The van der Waals surface area contributed by atoms with Crippen molar-refractivity contribution in [2.24, 2.45) is 11.8 Å². The van der Waals surface area contributed by atoms with Crippen LogP contribution >= 0.6 is 0 Å². The van der Waals surface area contributed by atoms with Gasteiger partial charge in [0.05, 0.1) is 5.69 Å². The predicted molar refractivity (Wildman–Crippen MR) is 94.6 cm³/mol. The summed E-state index contributed by atoms with van der Waals surface area (Å²) in [6.07, 6.45) is 15.5. The summed E-state index contributed by atoms with van der Waals surface area (Å²) in [4.78, 5) is 9.39. The van der Waals surface area contributed by atoms with Crippen LogP contribution < -0.4 is 0 Å². The number of nitrogens with zero attached hydrogens (tertiary/aromatic N) is 2. The van der Waals surface area contributed by atoms with Gasteiger partial charge in [-0.1, -0.05) is 72.9 Å². The van der Waals surface area contributed by atoms with Gasteiger partial charge in [-0.3, -0.25) is 0 Å². The molecule has 0 amide bonds. The fraction of sp³-hybridized carbons (Fsp3) is 0.143. The van der Waals surface area contributed by atoms with Gasteiger partial charge in [0.25, 0.3) is 0 Å². The van der Waals surface area contributed by atoms with E-state index in [2.05, 4.69) is 53.6 Å². The maximum atomic E-state index is 4.79. The minimum atomic E-state index is 0.426. The van der Waals surface area contributed by atoms with Crippen molar-refractivity contribution in [3.63, 3.8) is 0 Å². The van der Waals surface area contributed by atoms with Crippen molar-refractivity contribution in [2.75, 3.05) is 0 Å². The van der Waals surface area contributed by atoms with Gasteiger partial charge in [-0.25, -0.2) is 9.97 Å². The number of aryl methyl sites for hydroxylation is 1. The van der Waals surface area contributed by atoms with E-state index >= 15 is 0 Å². The van der Waals surface area contributed by atoms with E-state index in [1.54, 1.807) is 0 Å². The zero-order chi connectivity index (χ0) is 15.6. The molecule has 2 aromatic rings. The van der Waals surface area contributed by atoms with E-state index in [4.69, 9.17) is 4.98 Å². The number of hydrogen-bond donors (Lipinski definition) is 0. The molecule has 0 bridgehead atoms. The van der Waals surface area contributed by atoms with Gasteiger partial charge in [-0.05, 0) is 18.6 Å². The molecule has 0 N–H and O–H groups in total. The molecular weight excluding hydrogens is 280 g/mol. The molecule has 2 heteroatoms. The van der Waals surface area contributed by atoms with Crippen LogP contribution in [0.25, 0.3) is 17.0 Å². The lowest BCUT2D eigenvalue weighted by molar-refractivity contribution is 0.662. The Morgan fingerprint density at radius 3 is 2.48 bits per heavy atom. The van der Waals surface area contributed by atoms with Gasteiger partial charge in [-0.15, -0.1) is 0 Å². The summed E-state index contributed by atoms with van der Waals surface area (Å²) in [6.45, 7) is 2.02. The summed E-state index contributed by atoms with van der Waals surface area (Å²) in [6, 6.07) is 12.2. The lowest BCUT2D eigenvalue weighted by Crippen LogP contribution is -2.12. The van der Waals surface area contributed by atoms with Crippen molar-refractivity contribution in [3.05, 3.63) is 90.3 Å². The van der Waals surface area contributed by atoms with Crippen LogP contribution in [0.15, 0.2) is 78.9 Å². The molecule has 0 saturated heterocycles. The maximum Gasteiger partial charge on any atom is 0.160 e. The van der Waals surface area contributed by atoms with Crippen LogP contribution in [-0.2, 0) is 0 Å². The quantitative estimate of drug-likeness (QED) is 0.798. The Morgan fingerprint density at radius 1 is 0.870 bits per heavy atom. The normalized spacial score (nSPS) is 21.9. The number of benzene rings is 1. The Hall–Kier alpha value is -2.74. The molecule has 0 saturated carbocycles. The fourth-order valence-corrected chi connectivity index (χ4v) is 3.08. The first-order valence-electron chi connectivity index (χ1n) is 7.96. The Kier molecular flexibility index (Phi) is 3.51. The van der Waals surface area contributed by atoms with Crippen LogP contribution in [0, 0.1) is 18.8 Å². The van der Waals surface area contributed by atoms with E-state index in [0.717, 1.165) is 22.8 Å². The Labute approximate surface area is 136 Å². The van der Waals surface area contributed by atoms with Crippen molar-refractivity contribution in [3.8, 4) is 11.4 Å². The van der Waals surface area contributed by atoms with E-state index < -0.39 is 0 Å². The highest BCUT2D eigenvalue weighted by molar-refractivity contribution is 5.75. The van der Waals surface area contributed by atoms with Crippen LogP contribution in [0.1, 0.15) is 11.4 Å². The zero-order valence-corrected chi connectivity index (χ0v) is 13.1. The maximum absolute atomic E-state index is 4.79. The average molecular weight is 298 g/mol. The second-order valence-electron chi connectivity index (χ2n) is 5.99. The summed E-state index contributed by atoms with van der Waals surface area (Å²) in [7, 11) is 0. The lowest BCUT2D eigenvalue weighted by atomic mass is 9.82. The van der Waals surface area contributed by atoms with Crippen molar-refractivity contribution in [2.45, 2.75) is 6.92 Å². The fourth-order valence-electron chi connectivity index (χ4n) is 3.08. The summed E-state index contributed by atoms with van der Waals surface area (Å²) in [5.41, 5.74) is 4.21. The molecule has 2 atom stereocenters. The minimum absolute atomic E-state index is 0.426. The molecule has 0 fully saturated rings. The summed E-state index contributed by atoms with van der Waals surface area (Å²) in [5.74, 6) is 1.69. The molecule has 0 radical (unpaired) electrons. The molecule has 2 unspecified atom stereocenters. The highest BCUT2D eigenvalue weighted by Crippen LogP contribution is 2.32.